The first-order valence-electron chi connectivity index (χ1n) is 9.72. The number of nitrogens with zero attached hydrogens (tertiary/aromatic N) is 4. The first-order valence-corrected chi connectivity index (χ1v) is 9.72. The second-order valence-electron chi connectivity index (χ2n) is 6.37. The summed E-state index contributed by atoms with van der Waals surface area (Å²) in [5.74, 6) is 1.19. The van der Waals surface area contributed by atoms with Crippen molar-refractivity contribution < 1.29 is 14.3 Å². The molecule has 1 fully saturated rings. The fraction of sp³-hybridized carbons (Fsp3) is 0.579. The van der Waals surface area contributed by atoms with Gasteiger partial charge in [0.15, 0.2) is 5.96 Å². The highest BCUT2D eigenvalue weighted by Crippen LogP contribution is 2.06. The summed E-state index contributed by atoms with van der Waals surface area (Å²) in [5.41, 5.74) is 0.854. The molecule has 1 aliphatic rings. The lowest BCUT2D eigenvalue weighted by Gasteiger charge is -2.35. The van der Waals surface area contributed by atoms with E-state index in [1.165, 1.54) is 0 Å². The number of halogens is 1. The minimum Gasteiger partial charge on any atom is -0.450 e. The summed E-state index contributed by atoms with van der Waals surface area (Å²) < 4.78 is 5.05. The van der Waals surface area contributed by atoms with Crippen LogP contribution in [0.15, 0.2) is 23.2 Å². The Morgan fingerprint density at radius 1 is 1.17 bits per heavy atom. The van der Waals surface area contributed by atoms with Crippen LogP contribution in [-0.4, -0.2) is 78.6 Å². The molecule has 9 nitrogen and oxygen atoms in total. The van der Waals surface area contributed by atoms with Crippen LogP contribution < -0.4 is 10.6 Å². The molecule has 2 rings (SSSR count). The maximum absolute atomic E-state index is 12.1. The number of hydrogen-bond donors (Lipinski definition) is 2. The first kappa shape index (κ1) is 24.9. The van der Waals surface area contributed by atoms with Gasteiger partial charge < -0.3 is 25.2 Å². The van der Waals surface area contributed by atoms with Gasteiger partial charge in [0.2, 0.25) is 5.91 Å². The van der Waals surface area contributed by atoms with Crippen LogP contribution >= 0.6 is 24.0 Å². The van der Waals surface area contributed by atoms with Gasteiger partial charge >= 0.3 is 6.09 Å². The Bertz CT molecular complexity index is 692. The molecular weight excluding hydrogens is 487 g/mol. The largest absolute Gasteiger partial charge is 0.450 e. The van der Waals surface area contributed by atoms with Crippen molar-refractivity contribution >= 4 is 47.8 Å². The van der Waals surface area contributed by atoms with Gasteiger partial charge in [-0.05, 0) is 32.9 Å². The molecule has 0 aromatic carbocycles. The fourth-order valence-electron chi connectivity index (χ4n) is 2.82. The van der Waals surface area contributed by atoms with Crippen LogP contribution in [0.5, 0.6) is 0 Å². The van der Waals surface area contributed by atoms with Gasteiger partial charge in [-0.25, -0.2) is 9.78 Å². The van der Waals surface area contributed by atoms with Crippen LogP contribution in [0.2, 0.25) is 0 Å². The van der Waals surface area contributed by atoms with Crippen molar-refractivity contribution in [3.63, 3.8) is 0 Å². The monoisotopic (exact) mass is 518 g/mol. The van der Waals surface area contributed by atoms with Gasteiger partial charge in [0.1, 0.15) is 5.82 Å². The van der Waals surface area contributed by atoms with Crippen LogP contribution in [0.25, 0.3) is 0 Å². The number of aryl methyl sites for hydroxylation is 1. The van der Waals surface area contributed by atoms with Gasteiger partial charge in [-0.15, -0.1) is 24.0 Å². The number of aliphatic imine (C=N–C) groups is 1. The van der Waals surface area contributed by atoms with Gasteiger partial charge in [0, 0.05) is 44.8 Å². The van der Waals surface area contributed by atoms with E-state index in [0.29, 0.717) is 45.1 Å². The zero-order valence-corrected chi connectivity index (χ0v) is 19.6. The van der Waals surface area contributed by atoms with Crippen LogP contribution in [0.4, 0.5) is 10.6 Å². The normalized spacial score (nSPS) is 14.1. The number of aromatic nitrogens is 1. The molecule has 2 amide bonds. The maximum Gasteiger partial charge on any atom is 0.409 e. The summed E-state index contributed by atoms with van der Waals surface area (Å²) in [7, 11) is 0. The second-order valence-corrected chi connectivity index (χ2v) is 6.37. The Kier molecular flexibility index (Phi) is 11.3. The van der Waals surface area contributed by atoms with Crippen molar-refractivity contribution in [3.05, 3.63) is 23.9 Å². The van der Waals surface area contributed by atoms with E-state index in [0.717, 1.165) is 18.2 Å². The van der Waals surface area contributed by atoms with E-state index in [1.54, 1.807) is 17.9 Å². The third-order valence-corrected chi connectivity index (χ3v) is 4.20. The molecule has 2 heterocycles. The van der Waals surface area contributed by atoms with E-state index in [9.17, 15) is 9.59 Å². The van der Waals surface area contributed by atoms with Crippen LogP contribution in [0.3, 0.4) is 0 Å². The molecule has 29 heavy (non-hydrogen) atoms. The Morgan fingerprint density at radius 2 is 1.86 bits per heavy atom. The van der Waals surface area contributed by atoms with Crippen molar-refractivity contribution in [2.75, 3.05) is 51.2 Å². The van der Waals surface area contributed by atoms with E-state index in [-0.39, 0.29) is 42.4 Å². The van der Waals surface area contributed by atoms with Gasteiger partial charge in [-0.2, -0.15) is 0 Å². The third kappa shape index (κ3) is 8.42. The molecule has 1 saturated heterocycles. The predicted molar refractivity (Wildman–Crippen MR) is 124 cm³/mol. The summed E-state index contributed by atoms with van der Waals surface area (Å²) in [4.78, 5) is 36.5. The van der Waals surface area contributed by atoms with E-state index in [4.69, 9.17) is 4.74 Å². The van der Waals surface area contributed by atoms with Gasteiger partial charge in [-0.3, -0.25) is 9.79 Å². The zero-order chi connectivity index (χ0) is 20.4. The van der Waals surface area contributed by atoms with Gasteiger partial charge in [0.05, 0.1) is 13.2 Å². The highest BCUT2D eigenvalue weighted by atomic mass is 127. The molecule has 10 heteroatoms. The number of guanidine groups is 1. The standard InChI is InChI=1S/C19H30N6O3.HI/c1-4-20-18(24-11-13-25(14-12-24)19(27)28-5-2)21-10-9-17(26)23-16-8-6-7-15(3)22-16;/h6-8H,4-5,9-14H2,1-3H3,(H,20,21)(H,22,23,26);1H. The van der Waals surface area contributed by atoms with E-state index in [1.807, 2.05) is 26.0 Å². The Balaban J connectivity index is 0.00000420. The molecule has 1 aromatic rings. The number of rotatable bonds is 6. The van der Waals surface area contributed by atoms with Gasteiger partial charge in [0.25, 0.3) is 0 Å². The number of anilines is 1. The minimum atomic E-state index is -0.273. The van der Waals surface area contributed by atoms with Crippen molar-refractivity contribution in [1.29, 1.82) is 0 Å². The summed E-state index contributed by atoms with van der Waals surface area (Å²) >= 11 is 0. The number of ether oxygens (including phenoxy) is 1. The number of piperazine rings is 1. The highest BCUT2D eigenvalue weighted by Gasteiger charge is 2.23. The van der Waals surface area contributed by atoms with Crippen molar-refractivity contribution in [2.24, 2.45) is 4.99 Å². The smallest absolute Gasteiger partial charge is 0.409 e. The second kappa shape index (κ2) is 13.2. The molecule has 0 radical (unpaired) electrons. The lowest BCUT2D eigenvalue weighted by atomic mass is 10.3. The van der Waals surface area contributed by atoms with Crippen LogP contribution in [-0.2, 0) is 9.53 Å². The molecule has 2 N–H and O–H groups in total. The van der Waals surface area contributed by atoms with E-state index < -0.39 is 0 Å². The predicted octanol–water partition coefficient (Wildman–Crippen LogP) is 2.08. The molecule has 0 saturated carbocycles. The molecule has 0 atom stereocenters. The molecule has 0 aliphatic carbocycles. The molecule has 1 aromatic heterocycles. The number of carbonyl (C=O) groups is 2. The van der Waals surface area contributed by atoms with Crippen molar-refractivity contribution in [1.82, 2.24) is 20.1 Å². The highest BCUT2D eigenvalue weighted by molar-refractivity contribution is 14.0. The fourth-order valence-corrected chi connectivity index (χ4v) is 2.82. The van der Waals surface area contributed by atoms with Crippen molar-refractivity contribution in [3.8, 4) is 0 Å². The average molecular weight is 518 g/mol. The number of nitrogens with one attached hydrogen (secondary N) is 2. The van der Waals surface area contributed by atoms with Crippen molar-refractivity contribution in [2.45, 2.75) is 27.2 Å². The van der Waals surface area contributed by atoms with E-state index >= 15 is 0 Å². The number of amides is 2. The maximum atomic E-state index is 12.1. The average Bonchev–Trinajstić information content (AvgIpc) is 2.67. The molecule has 0 spiro atoms. The lowest BCUT2D eigenvalue weighted by Crippen LogP contribution is -2.54. The van der Waals surface area contributed by atoms with Crippen LogP contribution in [0, 0.1) is 6.92 Å². The number of pyridine rings is 1. The van der Waals surface area contributed by atoms with E-state index in [2.05, 4.69) is 25.5 Å². The zero-order valence-electron chi connectivity index (χ0n) is 17.3. The Hall–Kier alpha value is -2.11. The topological polar surface area (TPSA) is 99.2 Å². The number of hydrogen-bond acceptors (Lipinski definition) is 5. The molecule has 0 unspecified atom stereocenters. The summed E-state index contributed by atoms with van der Waals surface area (Å²) in [6.07, 6.45) is -0.00153. The Morgan fingerprint density at radius 3 is 2.48 bits per heavy atom. The molecule has 0 bridgehead atoms. The summed E-state index contributed by atoms with van der Waals surface area (Å²) in [5, 5.41) is 6.04. The SMILES string of the molecule is CCNC(=NCCC(=O)Nc1cccc(C)n1)N1CCN(C(=O)OCC)CC1.I. The summed E-state index contributed by atoms with van der Waals surface area (Å²) in [6.45, 7) is 9.68. The number of carbonyl (C=O) groups excluding carboxylic acids is 2. The van der Waals surface area contributed by atoms with Gasteiger partial charge in [-0.1, -0.05) is 6.07 Å². The lowest BCUT2D eigenvalue weighted by molar-refractivity contribution is -0.116. The first-order chi connectivity index (χ1) is 13.5. The van der Waals surface area contributed by atoms with Crippen LogP contribution in [0.1, 0.15) is 26.0 Å². The molecular formula is C19H31IN6O3. The summed E-state index contributed by atoms with van der Waals surface area (Å²) in [6, 6.07) is 5.50. The minimum absolute atomic E-state index is 0. The third-order valence-electron chi connectivity index (χ3n) is 4.20. The Labute approximate surface area is 189 Å². The quantitative estimate of drug-likeness (QED) is 0.340. The molecule has 162 valence electrons. The molecule has 1 aliphatic heterocycles.